The van der Waals surface area contributed by atoms with E-state index in [9.17, 15) is 18.3 Å². The van der Waals surface area contributed by atoms with Gasteiger partial charge in [0.15, 0.2) is 0 Å². The minimum absolute atomic E-state index is 0.102. The van der Waals surface area contributed by atoms with Crippen molar-refractivity contribution in [2.45, 2.75) is 39.5 Å². The molecule has 1 saturated heterocycles. The molecule has 0 bridgehead atoms. The Kier molecular flexibility index (Phi) is 7.23. The molecular formula is C16H30N2O4S. The summed E-state index contributed by atoms with van der Waals surface area (Å²) in [4.78, 5) is 13.9. The fraction of sp³-hybridized carbons (Fsp3) is 0.812. The molecule has 1 fully saturated rings. The van der Waals surface area contributed by atoms with Gasteiger partial charge in [-0.3, -0.25) is 4.79 Å². The van der Waals surface area contributed by atoms with Crippen LogP contribution in [0.5, 0.6) is 0 Å². The highest BCUT2D eigenvalue weighted by atomic mass is 32.2. The van der Waals surface area contributed by atoms with Crippen molar-refractivity contribution < 1.29 is 18.3 Å². The molecule has 0 unspecified atom stereocenters. The Balaban J connectivity index is 2.65. The lowest BCUT2D eigenvalue weighted by Gasteiger charge is -2.39. The van der Waals surface area contributed by atoms with Gasteiger partial charge in [0, 0.05) is 20.6 Å². The van der Waals surface area contributed by atoms with Gasteiger partial charge in [0.05, 0.1) is 11.2 Å². The smallest absolute Gasteiger partial charge is 0.311 e. The Hall–Kier alpha value is -0.920. The SMILES string of the molecule is CC(C)=CC[C@@]1(C(=O)O)CCCN(CCCS(=O)(=O)N(C)C)C1. The third kappa shape index (κ3) is 5.90. The maximum absolute atomic E-state index is 11.8. The van der Waals surface area contributed by atoms with Gasteiger partial charge in [0.2, 0.25) is 10.0 Å². The van der Waals surface area contributed by atoms with Crippen LogP contribution in [-0.2, 0) is 14.8 Å². The van der Waals surface area contributed by atoms with Crippen molar-refractivity contribution in [3.05, 3.63) is 11.6 Å². The number of likely N-dealkylation sites (tertiary alicyclic amines) is 1. The molecule has 1 aliphatic heterocycles. The topological polar surface area (TPSA) is 77.9 Å². The number of rotatable bonds is 8. The summed E-state index contributed by atoms with van der Waals surface area (Å²) in [7, 11) is -0.119. The zero-order valence-corrected chi connectivity index (χ0v) is 15.5. The maximum atomic E-state index is 11.8. The summed E-state index contributed by atoms with van der Waals surface area (Å²) < 4.78 is 24.8. The fourth-order valence-corrected chi connectivity index (χ4v) is 3.76. The summed E-state index contributed by atoms with van der Waals surface area (Å²) in [5.74, 6) is -0.648. The Bertz CT molecular complexity index is 538. The summed E-state index contributed by atoms with van der Waals surface area (Å²) in [6.07, 6.45) is 4.58. The molecule has 0 amide bonds. The monoisotopic (exact) mass is 346 g/mol. The predicted molar refractivity (Wildman–Crippen MR) is 91.9 cm³/mol. The molecule has 0 spiro atoms. The quantitative estimate of drug-likeness (QED) is 0.678. The highest BCUT2D eigenvalue weighted by Crippen LogP contribution is 2.34. The highest BCUT2D eigenvalue weighted by molar-refractivity contribution is 7.89. The summed E-state index contributed by atoms with van der Waals surface area (Å²) in [5.41, 5.74) is 0.385. The minimum Gasteiger partial charge on any atom is -0.481 e. The van der Waals surface area contributed by atoms with Gasteiger partial charge in [0.25, 0.3) is 0 Å². The van der Waals surface area contributed by atoms with Crippen LogP contribution < -0.4 is 0 Å². The number of carboxylic acid groups (broad SMARTS) is 1. The lowest BCUT2D eigenvalue weighted by Crippen LogP contribution is -2.48. The van der Waals surface area contributed by atoms with Crippen LogP contribution in [0, 0.1) is 5.41 Å². The average Bonchev–Trinajstić information content (AvgIpc) is 2.45. The van der Waals surface area contributed by atoms with Crippen molar-refractivity contribution >= 4 is 16.0 Å². The molecule has 1 heterocycles. The van der Waals surface area contributed by atoms with Crippen molar-refractivity contribution in [1.82, 2.24) is 9.21 Å². The number of hydrogen-bond donors (Lipinski definition) is 1. The summed E-state index contributed by atoms with van der Waals surface area (Å²) in [5, 5.41) is 9.69. The second-order valence-corrected chi connectivity index (χ2v) is 9.21. The Morgan fingerprint density at radius 2 is 2.00 bits per heavy atom. The number of hydrogen-bond acceptors (Lipinski definition) is 4. The maximum Gasteiger partial charge on any atom is 0.311 e. The van der Waals surface area contributed by atoms with Gasteiger partial charge >= 0.3 is 5.97 Å². The average molecular weight is 346 g/mol. The number of piperidine rings is 1. The predicted octanol–water partition coefficient (Wildman–Crippen LogP) is 1.79. The normalized spacial score (nSPS) is 23.0. The molecule has 6 nitrogen and oxygen atoms in total. The van der Waals surface area contributed by atoms with E-state index >= 15 is 0 Å². The highest BCUT2D eigenvalue weighted by Gasteiger charge is 2.41. The van der Waals surface area contributed by atoms with Crippen LogP contribution in [0.15, 0.2) is 11.6 Å². The largest absolute Gasteiger partial charge is 0.481 e. The minimum atomic E-state index is -3.18. The van der Waals surface area contributed by atoms with Gasteiger partial charge in [-0.15, -0.1) is 0 Å². The van der Waals surface area contributed by atoms with Crippen LogP contribution in [0.3, 0.4) is 0 Å². The van der Waals surface area contributed by atoms with E-state index < -0.39 is 21.4 Å². The van der Waals surface area contributed by atoms with Crippen molar-refractivity contribution in [2.24, 2.45) is 5.41 Å². The van der Waals surface area contributed by atoms with Crippen LogP contribution in [0.4, 0.5) is 0 Å². The molecule has 0 saturated carbocycles. The van der Waals surface area contributed by atoms with E-state index in [4.69, 9.17) is 0 Å². The van der Waals surface area contributed by atoms with Crippen LogP contribution >= 0.6 is 0 Å². The van der Waals surface area contributed by atoms with Crippen molar-refractivity contribution in [3.8, 4) is 0 Å². The first-order valence-electron chi connectivity index (χ1n) is 8.08. The fourth-order valence-electron chi connectivity index (χ4n) is 2.90. The van der Waals surface area contributed by atoms with E-state index in [2.05, 4.69) is 4.90 Å². The zero-order valence-electron chi connectivity index (χ0n) is 14.7. The molecule has 1 rings (SSSR count). The standard InChI is InChI=1S/C16H30N2O4S/c1-14(2)7-9-16(15(19)20)8-5-10-18(13-16)11-6-12-23(21,22)17(3)4/h7H,5-6,8-13H2,1-4H3,(H,19,20)/t16-/m0/s1. The molecule has 1 N–H and O–H groups in total. The summed E-state index contributed by atoms with van der Waals surface area (Å²) in [6.45, 7) is 5.90. The van der Waals surface area contributed by atoms with E-state index in [1.54, 1.807) is 0 Å². The molecule has 0 aliphatic carbocycles. The van der Waals surface area contributed by atoms with E-state index in [1.165, 1.54) is 18.4 Å². The first-order chi connectivity index (χ1) is 10.6. The van der Waals surface area contributed by atoms with E-state index in [0.29, 0.717) is 32.4 Å². The number of nitrogens with zero attached hydrogens (tertiary/aromatic N) is 2. The molecule has 23 heavy (non-hydrogen) atoms. The molecule has 134 valence electrons. The first-order valence-corrected chi connectivity index (χ1v) is 9.69. The van der Waals surface area contributed by atoms with Gasteiger partial charge < -0.3 is 10.0 Å². The third-order valence-electron chi connectivity index (χ3n) is 4.44. The van der Waals surface area contributed by atoms with Gasteiger partial charge in [-0.1, -0.05) is 11.6 Å². The number of carbonyl (C=O) groups is 1. The summed E-state index contributed by atoms with van der Waals surface area (Å²) >= 11 is 0. The van der Waals surface area contributed by atoms with Crippen LogP contribution in [0.1, 0.15) is 39.5 Å². The molecule has 7 heteroatoms. The Morgan fingerprint density at radius 3 is 2.52 bits per heavy atom. The lowest BCUT2D eigenvalue weighted by atomic mass is 9.76. The van der Waals surface area contributed by atoms with Crippen molar-refractivity contribution in [2.75, 3.05) is 39.5 Å². The van der Waals surface area contributed by atoms with Crippen molar-refractivity contribution in [3.63, 3.8) is 0 Å². The van der Waals surface area contributed by atoms with Gasteiger partial charge in [-0.25, -0.2) is 12.7 Å². The van der Waals surface area contributed by atoms with E-state index in [1.807, 2.05) is 19.9 Å². The number of sulfonamides is 1. The molecule has 1 atom stereocenters. The zero-order chi connectivity index (χ0) is 17.7. The molecule has 0 radical (unpaired) electrons. The van der Waals surface area contributed by atoms with E-state index in [-0.39, 0.29) is 5.75 Å². The lowest BCUT2D eigenvalue weighted by molar-refractivity contribution is -0.152. The third-order valence-corrected chi connectivity index (χ3v) is 6.36. The molecule has 0 aromatic carbocycles. The Labute approximate surface area is 140 Å². The summed E-state index contributed by atoms with van der Waals surface area (Å²) in [6, 6.07) is 0. The second-order valence-electron chi connectivity index (χ2n) is 6.90. The molecule has 0 aromatic rings. The van der Waals surface area contributed by atoms with Gasteiger partial charge in [0.1, 0.15) is 0 Å². The number of allylic oxidation sites excluding steroid dienone is 2. The van der Waals surface area contributed by atoms with Crippen LogP contribution in [0.2, 0.25) is 0 Å². The number of carboxylic acids is 1. The van der Waals surface area contributed by atoms with E-state index in [0.717, 1.165) is 18.5 Å². The first kappa shape index (κ1) is 20.1. The molecule has 0 aromatic heterocycles. The second kappa shape index (κ2) is 8.26. The molecular weight excluding hydrogens is 316 g/mol. The van der Waals surface area contributed by atoms with Gasteiger partial charge in [-0.2, -0.15) is 0 Å². The Morgan fingerprint density at radius 1 is 1.35 bits per heavy atom. The number of aliphatic carboxylic acids is 1. The van der Waals surface area contributed by atoms with Gasteiger partial charge in [-0.05, 0) is 52.6 Å². The van der Waals surface area contributed by atoms with Crippen LogP contribution in [-0.4, -0.2) is 68.2 Å². The molecule has 1 aliphatic rings. The van der Waals surface area contributed by atoms with Crippen LogP contribution in [0.25, 0.3) is 0 Å². The van der Waals surface area contributed by atoms with Crippen molar-refractivity contribution in [1.29, 1.82) is 0 Å².